The molecule has 0 amide bonds. The summed E-state index contributed by atoms with van der Waals surface area (Å²) in [6, 6.07) is 0. The van der Waals surface area contributed by atoms with Crippen molar-refractivity contribution in [3.8, 4) is 0 Å². The molecule has 8 heteroatoms. The Morgan fingerprint density at radius 3 is 2.00 bits per heavy atom. The Balaban J connectivity index is 3.62. The summed E-state index contributed by atoms with van der Waals surface area (Å²) < 4.78 is 32.6. The van der Waals surface area contributed by atoms with Gasteiger partial charge >= 0.3 is 7.82 Å². The molecule has 0 aromatic heterocycles. The Kier molecular flexibility index (Phi) is 23.0. The lowest BCUT2D eigenvalue weighted by molar-refractivity contribution is 0.000561. The van der Waals surface area contributed by atoms with Crippen molar-refractivity contribution in [1.82, 2.24) is 4.90 Å². The molecule has 33 heavy (non-hydrogen) atoms. The van der Waals surface area contributed by atoms with Gasteiger partial charge in [-0.2, -0.15) is 0 Å². The van der Waals surface area contributed by atoms with Crippen molar-refractivity contribution in [3.63, 3.8) is 0 Å². The first-order valence-electron chi connectivity index (χ1n) is 13.0. The van der Waals surface area contributed by atoms with E-state index in [0.29, 0.717) is 6.54 Å². The van der Waals surface area contributed by atoms with Crippen molar-refractivity contribution in [2.24, 2.45) is 0 Å². The quantitative estimate of drug-likeness (QED) is 0.0860. The molecule has 198 valence electrons. The van der Waals surface area contributed by atoms with Gasteiger partial charge in [0.25, 0.3) is 0 Å². The maximum Gasteiger partial charge on any atom is 0.472 e. The highest BCUT2D eigenvalue weighted by atomic mass is 31.2. The molecule has 0 fully saturated rings. The minimum atomic E-state index is -4.08. The average Bonchev–Trinajstić information content (AvgIpc) is 2.80. The molecule has 0 spiro atoms. The second kappa shape index (κ2) is 23.3. The smallest absolute Gasteiger partial charge is 0.472 e. The van der Waals surface area contributed by atoms with Crippen LogP contribution >= 0.6 is 7.82 Å². The van der Waals surface area contributed by atoms with E-state index in [9.17, 15) is 9.46 Å². The van der Waals surface area contributed by atoms with Crippen LogP contribution in [0.4, 0.5) is 0 Å². The monoisotopic (exact) mass is 493 g/mol. The number of rotatable bonds is 25. The number of nitrogens with zero attached hydrogens (tertiary/aromatic N) is 1. The van der Waals surface area contributed by atoms with Gasteiger partial charge in [0, 0.05) is 13.7 Å². The summed E-state index contributed by atoms with van der Waals surface area (Å²) in [6.07, 6.45) is 20.4. The Morgan fingerprint density at radius 1 is 0.879 bits per heavy atom. The second-order valence-electron chi connectivity index (χ2n) is 8.73. The van der Waals surface area contributed by atoms with Crippen LogP contribution in [0.3, 0.4) is 0 Å². The maximum atomic E-state index is 11.9. The lowest BCUT2D eigenvalue weighted by Crippen LogP contribution is -2.24. The molecule has 7 nitrogen and oxygen atoms in total. The Morgan fingerprint density at radius 2 is 1.45 bits per heavy atom. The van der Waals surface area contributed by atoms with Gasteiger partial charge in [0.05, 0.1) is 19.5 Å². The van der Waals surface area contributed by atoms with E-state index in [2.05, 4.69) is 6.92 Å². The Bertz CT molecular complexity index is 492. The van der Waals surface area contributed by atoms with Gasteiger partial charge in [-0.05, 0) is 32.5 Å². The topological polar surface area (TPSA) is 77.5 Å². The fourth-order valence-corrected chi connectivity index (χ4v) is 4.01. The highest BCUT2D eigenvalue weighted by Crippen LogP contribution is 2.43. The van der Waals surface area contributed by atoms with Crippen molar-refractivity contribution < 1.29 is 28.0 Å². The highest BCUT2D eigenvalue weighted by Gasteiger charge is 2.23. The van der Waals surface area contributed by atoms with Crippen LogP contribution in [0.1, 0.15) is 97.3 Å². The fourth-order valence-electron chi connectivity index (χ4n) is 3.27. The van der Waals surface area contributed by atoms with Crippen LogP contribution in [0, 0.1) is 0 Å². The molecular formula is C25H52NO6P. The molecule has 0 saturated heterocycles. The fraction of sp³-hybridized carbons (Fsp3) is 0.920. The van der Waals surface area contributed by atoms with Crippen LogP contribution in [0.25, 0.3) is 0 Å². The summed E-state index contributed by atoms with van der Waals surface area (Å²) >= 11 is 0. The number of phosphoric acid groups is 1. The van der Waals surface area contributed by atoms with E-state index in [1.807, 2.05) is 24.9 Å². The second-order valence-corrected chi connectivity index (χ2v) is 10.2. The maximum absolute atomic E-state index is 11.9. The molecule has 0 heterocycles. The first kappa shape index (κ1) is 32.6. The number of ether oxygens (including phenoxy) is 2. The molecule has 0 aliphatic heterocycles. The molecular weight excluding hydrogens is 441 g/mol. The number of phosphoric ester groups is 1. The molecule has 0 aromatic carbocycles. The third-order valence-electron chi connectivity index (χ3n) is 5.72. The predicted molar refractivity (Wildman–Crippen MR) is 136 cm³/mol. The number of unbranched alkanes of at least 4 members (excludes halogenated alkanes) is 12. The summed E-state index contributed by atoms with van der Waals surface area (Å²) in [7, 11) is -0.649. The van der Waals surface area contributed by atoms with Gasteiger partial charge < -0.3 is 19.3 Å². The van der Waals surface area contributed by atoms with E-state index in [0.717, 1.165) is 13.0 Å². The van der Waals surface area contributed by atoms with E-state index in [1.54, 1.807) is 6.26 Å². The van der Waals surface area contributed by atoms with Crippen LogP contribution in [0.15, 0.2) is 12.3 Å². The third-order valence-corrected chi connectivity index (χ3v) is 6.71. The summed E-state index contributed by atoms with van der Waals surface area (Å²) in [6.45, 7) is 5.99. The molecule has 0 bridgehead atoms. The molecule has 2 unspecified atom stereocenters. The molecule has 1 N–H and O–H groups in total. The van der Waals surface area contributed by atoms with E-state index in [1.165, 1.54) is 84.2 Å². The Hall–Kier alpha value is -0.430. The van der Waals surface area contributed by atoms with E-state index in [4.69, 9.17) is 18.5 Å². The van der Waals surface area contributed by atoms with E-state index < -0.39 is 13.9 Å². The van der Waals surface area contributed by atoms with Crippen LogP contribution in [0.2, 0.25) is 0 Å². The highest BCUT2D eigenvalue weighted by molar-refractivity contribution is 7.47. The lowest BCUT2D eigenvalue weighted by atomic mass is 10.0. The molecule has 0 aliphatic rings. The van der Waals surface area contributed by atoms with Crippen LogP contribution in [-0.2, 0) is 23.1 Å². The van der Waals surface area contributed by atoms with Gasteiger partial charge in [0.1, 0.15) is 12.7 Å². The summed E-state index contributed by atoms with van der Waals surface area (Å²) in [5.74, 6) is 0. The summed E-state index contributed by atoms with van der Waals surface area (Å²) in [5, 5.41) is 0. The number of likely N-dealkylation sites (N-methyl/N-ethyl adjacent to an activating group) is 1. The van der Waals surface area contributed by atoms with Gasteiger partial charge in [-0.1, -0.05) is 84.5 Å². The molecule has 0 aromatic rings. The minimum Gasteiger partial charge on any atom is -0.499 e. The SMILES string of the molecule is CCCCCCCCCCCCCC/C=C\OCC(COP(=O)(O)OCCN(C)CC)OC. The van der Waals surface area contributed by atoms with Gasteiger partial charge in [-0.3, -0.25) is 9.05 Å². The van der Waals surface area contributed by atoms with Gasteiger partial charge in [-0.15, -0.1) is 0 Å². The standard InChI is InChI=1S/C25H52NO6P/c1-5-7-8-9-10-11-12-13-14-15-16-17-18-19-21-30-23-25(29-4)24-32-33(27,28)31-22-20-26(3)6-2/h19,21,25H,5-18,20,22-24H2,1-4H3,(H,27,28)/b21-19-. The first-order valence-corrected chi connectivity index (χ1v) is 14.5. The number of hydrogen-bond donors (Lipinski definition) is 1. The lowest BCUT2D eigenvalue weighted by Gasteiger charge is -2.19. The summed E-state index contributed by atoms with van der Waals surface area (Å²) in [5.41, 5.74) is 0. The molecule has 0 radical (unpaired) electrons. The molecule has 0 rings (SSSR count). The zero-order valence-corrected chi connectivity index (χ0v) is 22.7. The van der Waals surface area contributed by atoms with Crippen molar-refractivity contribution in [2.75, 3.05) is 47.1 Å². The molecule has 0 aliphatic carbocycles. The zero-order valence-electron chi connectivity index (χ0n) is 21.8. The minimum absolute atomic E-state index is 0.0690. The zero-order chi connectivity index (χ0) is 24.6. The van der Waals surface area contributed by atoms with E-state index >= 15 is 0 Å². The van der Waals surface area contributed by atoms with E-state index in [-0.39, 0.29) is 19.8 Å². The Labute approximate surface area is 203 Å². The first-order chi connectivity index (χ1) is 15.9. The van der Waals surface area contributed by atoms with Crippen LogP contribution < -0.4 is 0 Å². The van der Waals surface area contributed by atoms with Crippen molar-refractivity contribution >= 4 is 7.82 Å². The number of hydrogen-bond acceptors (Lipinski definition) is 6. The number of methoxy groups -OCH3 is 1. The van der Waals surface area contributed by atoms with Gasteiger partial charge in [0.15, 0.2) is 0 Å². The van der Waals surface area contributed by atoms with Gasteiger partial charge in [-0.25, -0.2) is 4.57 Å². The normalized spacial score (nSPS) is 14.7. The number of allylic oxidation sites excluding steroid dienone is 1. The van der Waals surface area contributed by atoms with Crippen molar-refractivity contribution in [3.05, 3.63) is 12.3 Å². The van der Waals surface area contributed by atoms with Crippen molar-refractivity contribution in [1.29, 1.82) is 0 Å². The average molecular weight is 494 g/mol. The van der Waals surface area contributed by atoms with Crippen LogP contribution in [0.5, 0.6) is 0 Å². The third kappa shape index (κ3) is 23.1. The van der Waals surface area contributed by atoms with Crippen LogP contribution in [-0.4, -0.2) is 63.0 Å². The largest absolute Gasteiger partial charge is 0.499 e. The summed E-state index contributed by atoms with van der Waals surface area (Å²) in [4.78, 5) is 11.7. The van der Waals surface area contributed by atoms with Gasteiger partial charge in [0.2, 0.25) is 0 Å². The predicted octanol–water partition coefficient (Wildman–Crippen LogP) is 6.71. The molecule has 2 atom stereocenters. The molecule has 0 saturated carbocycles. The van der Waals surface area contributed by atoms with Crippen molar-refractivity contribution in [2.45, 2.75) is 103 Å².